The maximum Gasteiger partial charge on any atom is 0.292 e. The highest BCUT2D eigenvalue weighted by Gasteiger charge is 2.33. The summed E-state index contributed by atoms with van der Waals surface area (Å²) in [7, 11) is 1.51. The number of carbonyl (C=O) groups is 1. The lowest BCUT2D eigenvalue weighted by Crippen LogP contribution is -2.39. The summed E-state index contributed by atoms with van der Waals surface area (Å²) in [6.07, 6.45) is 3.55. The third kappa shape index (κ3) is 3.37. The smallest absolute Gasteiger partial charge is 0.292 e. The summed E-state index contributed by atoms with van der Waals surface area (Å²) in [5.41, 5.74) is 3.23. The van der Waals surface area contributed by atoms with Crippen molar-refractivity contribution >= 4 is 40.0 Å². The van der Waals surface area contributed by atoms with E-state index < -0.39 is 0 Å². The standard InChI is InChI=1S/C21H18Cl2N4O3/c1-11-16-15(5-6-27(11)21(29)20-24-9-13(30-2)10-25-20)26-19-17(16)12(4-3-7-28)8-14(22)18(19)23/h8-11,26,28H,5-7H2,1-2H3/t11-/m0/s1. The molecule has 154 valence electrons. The number of ether oxygens (including phenoxy) is 1. The van der Waals surface area contributed by atoms with E-state index in [1.54, 1.807) is 11.0 Å². The molecule has 30 heavy (non-hydrogen) atoms. The molecular formula is C21H18Cl2N4O3. The minimum atomic E-state index is -0.274. The fourth-order valence-corrected chi connectivity index (χ4v) is 4.20. The molecule has 0 radical (unpaired) electrons. The number of fused-ring (bicyclic) bond motifs is 3. The van der Waals surface area contributed by atoms with Crippen LogP contribution in [-0.2, 0) is 6.42 Å². The van der Waals surface area contributed by atoms with Gasteiger partial charge in [0.15, 0.2) is 5.75 Å². The van der Waals surface area contributed by atoms with Gasteiger partial charge in [-0.1, -0.05) is 35.0 Å². The van der Waals surface area contributed by atoms with E-state index in [0.29, 0.717) is 39.8 Å². The average molecular weight is 445 g/mol. The number of hydrogen-bond acceptors (Lipinski definition) is 5. The molecule has 0 spiro atoms. The number of aromatic nitrogens is 3. The highest BCUT2D eigenvalue weighted by Crippen LogP contribution is 2.42. The second-order valence-corrected chi connectivity index (χ2v) is 7.60. The van der Waals surface area contributed by atoms with Crippen molar-refractivity contribution in [2.75, 3.05) is 20.3 Å². The van der Waals surface area contributed by atoms with Crippen LogP contribution in [0.5, 0.6) is 5.75 Å². The molecule has 2 N–H and O–H groups in total. The second kappa shape index (κ2) is 8.15. The molecule has 4 rings (SSSR count). The minimum absolute atomic E-state index is 0.104. The van der Waals surface area contributed by atoms with Crippen molar-refractivity contribution < 1.29 is 14.6 Å². The zero-order valence-corrected chi connectivity index (χ0v) is 17.8. The maximum absolute atomic E-state index is 13.1. The van der Waals surface area contributed by atoms with Gasteiger partial charge in [0.05, 0.1) is 41.1 Å². The summed E-state index contributed by atoms with van der Waals surface area (Å²) in [5.74, 6) is 5.92. The van der Waals surface area contributed by atoms with Gasteiger partial charge in [0, 0.05) is 35.2 Å². The number of nitrogens with one attached hydrogen (secondary N) is 1. The van der Waals surface area contributed by atoms with Crippen LogP contribution in [0.2, 0.25) is 10.0 Å². The van der Waals surface area contributed by atoms with Crippen molar-refractivity contribution in [3.05, 3.63) is 51.2 Å². The van der Waals surface area contributed by atoms with Gasteiger partial charge in [-0.15, -0.1) is 0 Å². The Morgan fingerprint density at radius 3 is 2.80 bits per heavy atom. The van der Waals surface area contributed by atoms with Crippen LogP contribution in [0.1, 0.15) is 40.4 Å². The quantitative estimate of drug-likeness (QED) is 0.591. The van der Waals surface area contributed by atoms with Crippen LogP contribution in [0, 0.1) is 11.8 Å². The van der Waals surface area contributed by atoms with Crippen LogP contribution < -0.4 is 4.74 Å². The maximum atomic E-state index is 13.1. The van der Waals surface area contributed by atoms with E-state index in [-0.39, 0.29) is 24.4 Å². The van der Waals surface area contributed by atoms with Crippen LogP contribution in [0.25, 0.3) is 10.9 Å². The number of methoxy groups -OCH3 is 1. The first kappa shape index (κ1) is 20.5. The second-order valence-electron chi connectivity index (χ2n) is 6.82. The molecule has 3 heterocycles. The number of hydrogen-bond donors (Lipinski definition) is 2. The first-order valence-electron chi connectivity index (χ1n) is 9.25. The molecule has 1 aliphatic rings. The molecular weight excluding hydrogens is 427 g/mol. The van der Waals surface area contributed by atoms with Crippen molar-refractivity contribution in [3.8, 4) is 17.6 Å². The normalized spacial score (nSPS) is 15.5. The molecule has 1 amide bonds. The molecule has 1 aromatic carbocycles. The zero-order chi connectivity index (χ0) is 21.4. The number of nitrogens with zero attached hydrogens (tertiary/aromatic N) is 3. The SMILES string of the molecule is COc1cnc(C(=O)N2CCc3[nH]c4c(Cl)c(Cl)cc(C#CCO)c4c3[C@@H]2C)nc1. The van der Waals surface area contributed by atoms with Gasteiger partial charge in [-0.2, -0.15) is 0 Å². The molecule has 9 heteroatoms. The summed E-state index contributed by atoms with van der Waals surface area (Å²) < 4.78 is 5.06. The van der Waals surface area contributed by atoms with Crippen molar-refractivity contribution in [3.63, 3.8) is 0 Å². The van der Waals surface area contributed by atoms with Crippen LogP contribution in [-0.4, -0.2) is 51.1 Å². The van der Waals surface area contributed by atoms with Gasteiger partial charge in [-0.05, 0) is 13.0 Å². The summed E-state index contributed by atoms with van der Waals surface area (Å²) in [6, 6.07) is 1.41. The number of aromatic amines is 1. The van der Waals surface area contributed by atoms with Crippen molar-refractivity contribution in [1.29, 1.82) is 0 Å². The van der Waals surface area contributed by atoms with Crippen molar-refractivity contribution in [2.24, 2.45) is 0 Å². The molecule has 0 saturated carbocycles. The Balaban J connectivity index is 1.80. The number of aliphatic hydroxyl groups excluding tert-OH is 1. The van der Waals surface area contributed by atoms with E-state index in [1.165, 1.54) is 19.5 Å². The van der Waals surface area contributed by atoms with Crippen molar-refractivity contribution in [2.45, 2.75) is 19.4 Å². The molecule has 0 unspecified atom stereocenters. The summed E-state index contributed by atoms with van der Waals surface area (Å²) in [5, 5.41) is 10.7. The zero-order valence-electron chi connectivity index (χ0n) is 16.3. The molecule has 0 aliphatic carbocycles. The minimum Gasteiger partial charge on any atom is -0.494 e. The lowest BCUT2D eigenvalue weighted by Gasteiger charge is -2.33. The fourth-order valence-electron chi connectivity index (χ4n) is 3.80. The first-order valence-corrected chi connectivity index (χ1v) is 10.0. The fraction of sp³-hybridized carbons (Fsp3) is 0.286. The highest BCUT2D eigenvalue weighted by atomic mass is 35.5. The number of benzene rings is 1. The van der Waals surface area contributed by atoms with Gasteiger partial charge < -0.3 is 19.7 Å². The highest BCUT2D eigenvalue weighted by molar-refractivity contribution is 6.45. The summed E-state index contributed by atoms with van der Waals surface area (Å²) in [4.78, 5) is 26.4. The van der Waals surface area contributed by atoms with E-state index in [9.17, 15) is 4.79 Å². The van der Waals surface area contributed by atoms with E-state index in [1.807, 2.05) is 6.92 Å². The van der Waals surface area contributed by atoms with Crippen LogP contribution in [0.4, 0.5) is 0 Å². The molecule has 1 aliphatic heterocycles. The Hall–Kier alpha value is -2.79. The largest absolute Gasteiger partial charge is 0.494 e. The lowest BCUT2D eigenvalue weighted by atomic mass is 9.94. The molecule has 0 bridgehead atoms. The Bertz CT molecular complexity index is 1200. The van der Waals surface area contributed by atoms with E-state index in [0.717, 1.165) is 16.6 Å². The Morgan fingerprint density at radius 1 is 1.40 bits per heavy atom. The number of halogens is 2. The van der Waals surface area contributed by atoms with Crippen LogP contribution >= 0.6 is 23.2 Å². The summed E-state index contributed by atoms with van der Waals surface area (Å²) in [6.45, 7) is 2.17. The van der Waals surface area contributed by atoms with E-state index in [4.69, 9.17) is 33.0 Å². The van der Waals surface area contributed by atoms with E-state index in [2.05, 4.69) is 26.8 Å². The van der Waals surface area contributed by atoms with Gasteiger partial charge in [0.1, 0.15) is 6.61 Å². The number of aliphatic hydroxyl groups is 1. The molecule has 1 atom stereocenters. The lowest BCUT2D eigenvalue weighted by molar-refractivity contribution is 0.0665. The van der Waals surface area contributed by atoms with Gasteiger partial charge in [-0.25, -0.2) is 9.97 Å². The van der Waals surface area contributed by atoms with Crippen LogP contribution in [0.3, 0.4) is 0 Å². The number of carbonyl (C=O) groups excluding carboxylic acids is 1. The Labute approximate surface area is 183 Å². The Kier molecular flexibility index (Phi) is 5.56. The molecule has 0 saturated heterocycles. The summed E-state index contributed by atoms with van der Waals surface area (Å²) >= 11 is 12.7. The Morgan fingerprint density at radius 2 is 2.13 bits per heavy atom. The van der Waals surface area contributed by atoms with Crippen LogP contribution in [0.15, 0.2) is 18.5 Å². The third-order valence-corrected chi connectivity index (χ3v) is 5.98. The number of H-pyrrole nitrogens is 1. The molecule has 2 aromatic heterocycles. The number of amides is 1. The van der Waals surface area contributed by atoms with Gasteiger partial charge in [0.2, 0.25) is 5.82 Å². The predicted molar refractivity (Wildman–Crippen MR) is 114 cm³/mol. The monoisotopic (exact) mass is 444 g/mol. The average Bonchev–Trinajstić information content (AvgIpc) is 3.16. The molecule has 7 nitrogen and oxygen atoms in total. The number of rotatable bonds is 2. The van der Waals surface area contributed by atoms with Gasteiger partial charge >= 0.3 is 0 Å². The van der Waals surface area contributed by atoms with Gasteiger partial charge in [-0.3, -0.25) is 4.79 Å². The molecule has 3 aromatic rings. The predicted octanol–water partition coefficient (Wildman–Crippen LogP) is 3.38. The topological polar surface area (TPSA) is 91.3 Å². The third-order valence-electron chi connectivity index (χ3n) is 5.20. The van der Waals surface area contributed by atoms with Crippen molar-refractivity contribution in [1.82, 2.24) is 19.9 Å². The van der Waals surface area contributed by atoms with Gasteiger partial charge in [0.25, 0.3) is 5.91 Å². The van der Waals surface area contributed by atoms with E-state index >= 15 is 0 Å². The molecule has 0 fully saturated rings. The first-order chi connectivity index (χ1) is 14.5.